The van der Waals surface area contributed by atoms with Gasteiger partial charge in [0.1, 0.15) is 0 Å². The Morgan fingerprint density at radius 1 is 1.11 bits per heavy atom. The number of carbonyl (C=O) groups excluding carboxylic acids is 1. The van der Waals surface area contributed by atoms with Gasteiger partial charge in [-0.05, 0) is 37.3 Å². The Hall–Kier alpha value is -2.06. The minimum absolute atomic E-state index is 0.293. The topological polar surface area (TPSA) is 47.6 Å². The van der Waals surface area contributed by atoms with Crippen molar-refractivity contribution >= 4 is 35.0 Å². The van der Waals surface area contributed by atoms with Gasteiger partial charge in [0, 0.05) is 16.6 Å². The van der Waals surface area contributed by atoms with Gasteiger partial charge in [-0.3, -0.25) is 4.79 Å². The van der Waals surface area contributed by atoms with Crippen LogP contribution in [0.2, 0.25) is 5.02 Å². The number of hydrogen-bond donors (Lipinski definition) is 1. The molecule has 0 radical (unpaired) electrons. The Labute approximate surface area is 164 Å². The molecular formula is C18H17ClF3NO3S. The van der Waals surface area contributed by atoms with Crippen molar-refractivity contribution in [2.75, 3.05) is 19.5 Å². The van der Waals surface area contributed by atoms with Crippen molar-refractivity contribution in [2.45, 2.75) is 23.2 Å². The molecule has 9 heteroatoms. The summed E-state index contributed by atoms with van der Waals surface area (Å²) in [5.41, 5.74) is -0.446. The summed E-state index contributed by atoms with van der Waals surface area (Å²) in [5.74, 6) is 0.595. The van der Waals surface area contributed by atoms with E-state index in [0.29, 0.717) is 22.1 Å². The van der Waals surface area contributed by atoms with Gasteiger partial charge in [-0.2, -0.15) is 13.2 Å². The van der Waals surface area contributed by atoms with E-state index in [9.17, 15) is 18.0 Å². The van der Waals surface area contributed by atoms with E-state index >= 15 is 0 Å². The smallest absolute Gasteiger partial charge is 0.417 e. The van der Waals surface area contributed by atoms with Crippen molar-refractivity contribution < 1.29 is 27.4 Å². The van der Waals surface area contributed by atoms with Crippen LogP contribution < -0.4 is 14.8 Å². The molecule has 1 unspecified atom stereocenters. The monoisotopic (exact) mass is 419 g/mol. The van der Waals surface area contributed by atoms with Crippen LogP contribution in [-0.2, 0) is 11.0 Å². The van der Waals surface area contributed by atoms with Crippen LogP contribution in [0.5, 0.6) is 11.5 Å². The molecule has 0 aliphatic carbocycles. The van der Waals surface area contributed by atoms with Crippen LogP contribution in [0, 0.1) is 0 Å². The van der Waals surface area contributed by atoms with E-state index < -0.39 is 17.0 Å². The minimum atomic E-state index is -4.56. The molecule has 1 N–H and O–H groups in total. The number of nitrogens with one attached hydrogen (secondary N) is 1. The van der Waals surface area contributed by atoms with E-state index in [1.807, 2.05) is 0 Å². The molecule has 2 aromatic carbocycles. The van der Waals surface area contributed by atoms with Gasteiger partial charge in [-0.15, -0.1) is 11.8 Å². The molecule has 0 aliphatic rings. The second-order valence-electron chi connectivity index (χ2n) is 5.46. The molecule has 1 atom stereocenters. The standard InChI is InChI=1S/C18H17ClF3NO3S/c1-10(27-12-5-6-14(19)13(9-12)18(20,21)22)17(24)23-11-4-7-15(25-2)16(8-11)26-3/h4-10H,1-3H3,(H,23,24). The third-order valence-corrected chi connectivity index (χ3v) is 5.00. The summed E-state index contributed by atoms with van der Waals surface area (Å²) in [5, 5.41) is 1.68. The number of carbonyl (C=O) groups is 1. The third kappa shape index (κ3) is 5.46. The van der Waals surface area contributed by atoms with Crippen molar-refractivity contribution in [3.8, 4) is 11.5 Å². The molecular weight excluding hydrogens is 403 g/mol. The number of amides is 1. The quantitative estimate of drug-likeness (QED) is 0.628. The van der Waals surface area contributed by atoms with Crippen LogP contribution in [0.25, 0.3) is 0 Å². The molecule has 0 saturated heterocycles. The van der Waals surface area contributed by atoms with Crippen LogP contribution in [-0.4, -0.2) is 25.4 Å². The van der Waals surface area contributed by atoms with Gasteiger partial charge >= 0.3 is 6.18 Å². The minimum Gasteiger partial charge on any atom is -0.493 e. The molecule has 27 heavy (non-hydrogen) atoms. The molecule has 1 amide bonds. The van der Waals surface area contributed by atoms with Crippen molar-refractivity contribution in [1.29, 1.82) is 0 Å². The van der Waals surface area contributed by atoms with Crippen molar-refractivity contribution in [1.82, 2.24) is 0 Å². The Kier molecular flexibility index (Phi) is 6.89. The Morgan fingerprint density at radius 3 is 2.37 bits per heavy atom. The summed E-state index contributed by atoms with van der Waals surface area (Å²) in [4.78, 5) is 12.7. The molecule has 0 spiro atoms. The summed E-state index contributed by atoms with van der Waals surface area (Å²) in [7, 11) is 2.97. The average molecular weight is 420 g/mol. The molecule has 2 rings (SSSR count). The normalized spacial score (nSPS) is 12.4. The van der Waals surface area contributed by atoms with E-state index in [-0.39, 0.29) is 10.9 Å². The van der Waals surface area contributed by atoms with Crippen LogP contribution >= 0.6 is 23.4 Å². The molecule has 0 bridgehead atoms. The van der Waals surface area contributed by atoms with E-state index in [0.717, 1.165) is 17.8 Å². The number of ether oxygens (including phenoxy) is 2. The van der Waals surface area contributed by atoms with E-state index in [4.69, 9.17) is 21.1 Å². The van der Waals surface area contributed by atoms with E-state index in [2.05, 4.69) is 5.32 Å². The lowest BCUT2D eigenvalue weighted by atomic mass is 10.2. The van der Waals surface area contributed by atoms with Crippen LogP contribution in [0.1, 0.15) is 12.5 Å². The average Bonchev–Trinajstić information content (AvgIpc) is 2.62. The Bertz CT molecular complexity index is 830. The van der Waals surface area contributed by atoms with Gasteiger partial charge in [0.05, 0.1) is 30.1 Å². The largest absolute Gasteiger partial charge is 0.493 e. The maximum Gasteiger partial charge on any atom is 0.417 e. The maximum absolute atomic E-state index is 13.0. The summed E-state index contributed by atoms with van der Waals surface area (Å²) >= 11 is 6.61. The first-order valence-electron chi connectivity index (χ1n) is 7.72. The number of benzene rings is 2. The first-order valence-corrected chi connectivity index (χ1v) is 8.97. The first kappa shape index (κ1) is 21.2. The highest BCUT2D eigenvalue weighted by Crippen LogP contribution is 2.38. The van der Waals surface area contributed by atoms with Gasteiger partial charge in [0.25, 0.3) is 0 Å². The Morgan fingerprint density at radius 2 is 1.78 bits per heavy atom. The fourth-order valence-electron chi connectivity index (χ4n) is 2.21. The summed E-state index contributed by atoms with van der Waals surface area (Å²) in [6.45, 7) is 1.60. The molecule has 4 nitrogen and oxygen atoms in total. The van der Waals surface area contributed by atoms with Crippen molar-refractivity contribution in [2.24, 2.45) is 0 Å². The molecule has 0 fully saturated rings. The number of halogens is 4. The number of anilines is 1. The maximum atomic E-state index is 13.0. The highest BCUT2D eigenvalue weighted by Gasteiger charge is 2.33. The summed E-state index contributed by atoms with van der Waals surface area (Å²) in [6.07, 6.45) is -4.56. The Balaban J connectivity index is 2.10. The summed E-state index contributed by atoms with van der Waals surface area (Å²) in [6, 6.07) is 8.43. The first-order chi connectivity index (χ1) is 12.7. The van der Waals surface area contributed by atoms with Crippen molar-refractivity contribution in [3.63, 3.8) is 0 Å². The molecule has 2 aromatic rings. The number of alkyl halides is 3. The lowest BCUT2D eigenvalue weighted by molar-refractivity contribution is -0.137. The zero-order valence-corrected chi connectivity index (χ0v) is 16.3. The van der Waals surface area contributed by atoms with Crippen molar-refractivity contribution in [3.05, 3.63) is 47.0 Å². The van der Waals surface area contributed by atoms with Crippen LogP contribution in [0.4, 0.5) is 18.9 Å². The molecule has 0 heterocycles. The molecule has 146 valence electrons. The molecule has 0 aromatic heterocycles. The third-order valence-electron chi connectivity index (χ3n) is 3.58. The predicted molar refractivity (Wildman–Crippen MR) is 99.9 cm³/mol. The second-order valence-corrected chi connectivity index (χ2v) is 7.28. The van der Waals surface area contributed by atoms with Crippen LogP contribution in [0.3, 0.4) is 0 Å². The lowest BCUT2D eigenvalue weighted by Gasteiger charge is -2.15. The van der Waals surface area contributed by atoms with Gasteiger partial charge in [-0.1, -0.05) is 11.6 Å². The van der Waals surface area contributed by atoms with Gasteiger partial charge in [0.2, 0.25) is 5.91 Å². The number of thioether (sulfide) groups is 1. The predicted octanol–water partition coefficient (Wildman–Crippen LogP) is 5.50. The highest BCUT2D eigenvalue weighted by molar-refractivity contribution is 8.00. The molecule has 0 saturated carbocycles. The zero-order valence-electron chi connectivity index (χ0n) is 14.7. The second kappa shape index (κ2) is 8.75. The SMILES string of the molecule is COc1ccc(NC(=O)C(C)Sc2ccc(Cl)c(C(F)(F)F)c2)cc1OC. The number of methoxy groups -OCH3 is 2. The van der Waals surface area contributed by atoms with Gasteiger partial charge < -0.3 is 14.8 Å². The van der Waals surface area contributed by atoms with E-state index in [1.165, 1.54) is 26.4 Å². The number of hydrogen-bond acceptors (Lipinski definition) is 4. The van der Waals surface area contributed by atoms with Gasteiger partial charge in [-0.25, -0.2) is 0 Å². The van der Waals surface area contributed by atoms with Crippen LogP contribution in [0.15, 0.2) is 41.3 Å². The molecule has 0 aliphatic heterocycles. The highest BCUT2D eigenvalue weighted by atomic mass is 35.5. The zero-order chi connectivity index (χ0) is 20.2. The number of rotatable bonds is 6. The summed E-state index contributed by atoms with van der Waals surface area (Å²) < 4.78 is 49.1. The van der Waals surface area contributed by atoms with Gasteiger partial charge in [0.15, 0.2) is 11.5 Å². The fraction of sp³-hybridized carbons (Fsp3) is 0.278. The fourth-order valence-corrected chi connectivity index (χ4v) is 3.34. The lowest BCUT2D eigenvalue weighted by Crippen LogP contribution is -2.22. The van der Waals surface area contributed by atoms with E-state index in [1.54, 1.807) is 25.1 Å².